The Bertz CT molecular complexity index is 813. The van der Waals surface area contributed by atoms with Crippen molar-refractivity contribution in [3.05, 3.63) is 68.7 Å². The summed E-state index contributed by atoms with van der Waals surface area (Å²) in [5.74, 6) is 0.0538. The molecule has 0 spiro atoms. The molecule has 2 aromatic rings. The van der Waals surface area contributed by atoms with Crippen LogP contribution in [0.2, 0.25) is 10.0 Å². The zero-order valence-corrected chi connectivity index (χ0v) is 18.7. The minimum absolute atomic E-state index is 0. The molecule has 0 aliphatic heterocycles. The van der Waals surface area contributed by atoms with Gasteiger partial charge in [-0.2, -0.15) is 0 Å². The van der Waals surface area contributed by atoms with Gasteiger partial charge in [-0.3, -0.25) is 4.79 Å². The molecule has 0 amide bonds. The van der Waals surface area contributed by atoms with Crippen molar-refractivity contribution in [1.29, 1.82) is 0 Å². The number of allylic oxidation sites excluding steroid dienone is 1. The predicted molar refractivity (Wildman–Crippen MR) is 120 cm³/mol. The molecule has 152 valence electrons. The highest BCUT2D eigenvalue weighted by Gasteiger charge is 2.15. The smallest absolute Gasteiger partial charge is 0.185 e. The summed E-state index contributed by atoms with van der Waals surface area (Å²) < 4.78 is 0. The van der Waals surface area contributed by atoms with E-state index in [0.29, 0.717) is 45.4 Å². The molecular weight excluding hydrogens is 419 g/mol. The predicted octanol–water partition coefficient (Wildman–Crippen LogP) is 5.14. The normalized spacial score (nSPS) is 11.3. The minimum Gasteiger partial charge on any atom is -0.507 e. The molecule has 0 saturated heterocycles. The Morgan fingerprint density at radius 1 is 1.00 bits per heavy atom. The number of rotatable bonds is 7. The first-order valence-electron chi connectivity index (χ1n) is 8.49. The van der Waals surface area contributed by atoms with Crippen LogP contribution < -0.4 is 0 Å². The van der Waals surface area contributed by atoms with Gasteiger partial charge in [0.25, 0.3) is 0 Å². The quantitative estimate of drug-likeness (QED) is 0.475. The topological polar surface area (TPSA) is 43.8 Å². The van der Waals surface area contributed by atoms with Crippen molar-refractivity contribution < 1.29 is 9.90 Å². The van der Waals surface area contributed by atoms with E-state index in [2.05, 4.69) is 0 Å². The van der Waals surface area contributed by atoms with Crippen LogP contribution in [0.5, 0.6) is 5.75 Å². The van der Waals surface area contributed by atoms with Gasteiger partial charge in [0.05, 0.1) is 0 Å². The second kappa shape index (κ2) is 10.8. The third kappa shape index (κ3) is 6.50. The summed E-state index contributed by atoms with van der Waals surface area (Å²) in [4.78, 5) is 16.6. The average molecular weight is 444 g/mol. The van der Waals surface area contributed by atoms with Crippen LogP contribution in [-0.4, -0.2) is 48.9 Å². The molecule has 2 aromatic carbocycles. The van der Waals surface area contributed by atoms with E-state index < -0.39 is 0 Å². The van der Waals surface area contributed by atoms with Gasteiger partial charge in [0.2, 0.25) is 0 Å². The van der Waals surface area contributed by atoms with Gasteiger partial charge in [0.15, 0.2) is 5.78 Å². The van der Waals surface area contributed by atoms with Crippen molar-refractivity contribution in [2.24, 2.45) is 0 Å². The molecule has 2 rings (SSSR count). The van der Waals surface area contributed by atoms with Crippen molar-refractivity contribution in [3.63, 3.8) is 0 Å². The van der Waals surface area contributed by atoms with Crippen molar-refractivity contribution in [2.75, 3.05) is 28.2 Å². The molecule has 0 radical (unpaired) electrons. The molecule has 4 nitrogen and oxygen atoms in total. The molecule has 0 aromatic heterocycles. The van der Waals surface area contributed by atoms with Gasteiger partial charge in [-0.05, 0) is 64.6 Å². The number of carbonyl (C=O) groups excluding carboxylic acids is 1. The highest BCUT2D eigenvalue weighted by molar-refractivity contribution is 6.37. The second-order valence-electron chi connectivity index (χ2n) is 6.95. The van der Waals surface area contributed by atoms with E-state index in [1.165, 1.54) is 6.08 Å². The molecule has 28 heavy (non-hydrogen) atoms. The Morgan fingerprint density at radius 3 is 1.89 bits per heavy atom. The summed E-state index contributed by atoms with van der Waals surface area (Å²) in [6.45, 7) is 1.07. The van der Waals surface area contributed by atoms with Gasteiger partial charge in [-0.15, -0.1) is 12.4 Å². The summed E-state index contributed by atoms with van der Waals surface area (Å²) in [5, 5.41) is 11.5. The molecule has 0 bridgehead atoms. The van der Waals surface area contributed by atoms with Crippen LogP contribution in [0.1, 0.15) is 27.0 Å². The Balaban J connectivity index is 0.00000392. The number of benzene rings is 2. The van der Waals surface area contributed by atoms with E-state index in [0.717, 1.165) is 0 Å². The molecule has 0 fully saturated rings. The number of phenols is 1. The molecule has 0 aliphatic carbocycles. The summed E-state index contributed by atoms with van der Waals surface area (Å²) >= 11 is 12.3. The maximum atomic E-state index is 12.7. The summed E-state index contributed by atoms with van der Waals surface area (Å²) in [7, 11) is 7.66. The van der Waals surface area contributed by atoms with Crippen molar-refractivity contribution in [1.82, 2.24) is 9.80 Å². The van der Waals surface area contributed by atoms with Crippen molar-refractivity contribution in [2.45, 2.75) is 13.1 Å². The van der Waals surface area contributed by atoms with Gasteiger partial charge >= 0.3 is 0 Å². The molecule has 0 heterocycles. The number of carbonyl (C=O) groups is 1. The fraction of sp³-hybridized carbons (Fsp3) is 0.286. The fourth-order valence-corrected chi connectivity index (χ4v) is 3.27. The van der Waals surface area contributed by atoms with Gasteiger partial charge in [0, 0.05) is 45.4 Å². The molecule has 0 saturated carbocycles. The maximum absolute atomic E-state index is 12.7. The van der Waals surface area contributed by atoms with Gasteiger partial charge in [-0.25, -0.2) is 0 Å². The van der Waals surface area contributed by atoms with Crippen LogP contribution in [-0.2, 0) is 13.1 Å². The van der Waals surface area contributed by atoms with Crippen LogP contribution in [0.4, 0.5) is 0 Å². The first-order valence-corrected chi connectivity index (χ1v) is 9.25. The highest BCUT2D eigenvalue weighted by Crippen LogP contribution is 2.28. The Labute approximate surface area is 182 Å². The van der Waals surface area contributed by atoms with Crippen LogP contribution >= 0.6 is 35.6 Å². The summed E-state index contributed by atoms with van der Waals surface area (Å²) in [5.41, 5.74) is 2.55. The molecule has 0 atom stereocenters. The zero-order valence-electron chi connectivity index (χ0n) is 16.4. The van der Waals surface area contributed by atoms with Crippen LogP contribution in [0.3, 0.4) is 0 Å². The van der Waals surface area contributed by atoms with E-state index in [4.69, 9.17) is 23.2 Å². The lowest BCUT2D eigenvalue weighted by Crippen LogP contribution is -2.15. The summed E-state index contributed by atoms with van der Waals surface area (Å²) in [6, 6.07) is 8.67. The minimum atomic E-state index is -0.175. The monoisotopic (exact) mass is 442 g/mol. The largest absolute Gasteiger partial charge is 0.507 e. The summed E-state index contributed by atoms with van der Waals surface area (Å²) in [6.07, 6.45) is 3.08. The van der Waals surface area contributed by atoms with E-state index in [1.54, 1.807) is 36.4 Å². The van der Waals surface area contributed by atoms with E-state index in [9.17, 15) is 9.90 Å². The first kappa shape index (κ1) is 24.5. The van der Waals surface area contributed by atoms with Crippen molar-refractivity contribution >= 4 is 47.5 Å². The zero-order chi connectivity index (χ0) is 20.1. The van der Waals surface area contributed by atoms with E-state index >= 15 is 0 Å². The SMILES string of the molecule is CN(C)Cc1cc(C(=O)C=Cc2c(Cl)cccc2Cl)cc(CN(C)C)c1O.Cl. The van der Waals surface area contributed by atoms with Crippen LogP contribution in [0.15, 0.2) is 36.4 Å². The van der Waals surface area contributed by atoms with Gasteiger partial charge in [0.1, 0.15) is 5.75 Å². The molecule has 1 N–H and O–H groups in total. The Kier molecular flexibility index (Phi) is 9.48. The fourth-order valence-electron chi connectivity index (χ4n) is 2.75. The standard InChI is InChI=1S/C21H24Cl2N2O2.ClH/c1-24(2)12-15-10-14(11-16(21(15)27)13-25(3)4)20(26)9-8-17-18(22)6-5-7-19(17)23;/h5-11,27H,12-13H2,1-4H3;1H. The van der Waals surface area contributed by atoms with Gasteiger partial charge in [-0.1, -0.05) is 29.3 Å². The maximum Gasteiger partial charge on any atom is 0.185 e. The number of hydrogen-bond acceptors (Lipinski definition) is 4. The highest BCUT2D eigenvalue weighted by atomic mass is 35.5. The number of nitrogens with zero attached hydrogens (tertiary/aromatic N) is 2. The number of aromatic hydroxyl groups is 1. The van der Waals surface area contributed by atoms with E-state index in [1.807, 2.05) is 38.0 Å². The molecular formula is C21H25Cl3N2O2. The Morgan fingerprint density at radius 2 is 1.46 bits per heavy atom. The number of ketones is 1. The van der Waals surface area contributed by atoms with E-state index in [-0.39, 0.29) is 23.9 Å². The average Bonchev–Trinajstić information content (AvgIpc) is 2.56. The van der Waals surface area contributed by atoms with Crippen molar-refractivity contribution in [3.8, 4) is 5.75 Å². The lowest BCUT2D eigenvalue weighted by atomic mass is 10.00. The lowest BCUT2D eigenvalue weighted by Gasteiger charge is -2.17. The van der Waals surface area contributed by atoms with Crippen LogP contribution in [0, 0.1) is 0 Å². The molecule has 0 aliphatic rings. The number of halogens is 3. The number of phenolic OH excluding ortho intramolecular Hbond substituents is 1. The molecule has 0 unspecified atom stereocenters. The third-order valence-corrected chi connectivity index (χ3v) is 4.59. The first-order chi connectivity index (χ1) is 12.7. The number of hydrogen-bond donors (Lipinski definition) is 1. The lowest BCUT2D eigenvalue weighted by molar-refractivity contribution is 0.104. The third-order valence-electron chi connectivity index (χ3n) is 3.93. The Hall–Kier alpha value is -1.56. The molecule has 7 heteroatoms. The van der Waals surface area contributed by atoms with Gasteiger partial charge < -0.3 is 14.9 Å². The van der Waals surface area contributed by atoms with Crippen LogP contribution in [0.25, 0.3) is 6.08 Å². The second-order valence-corrected chi connectivity index (χ2v) is 7.77.